The first-order valence-corrected chi connectivity index (χ1v) is 11.3. The van der Waals surface area contributed by atoms with Crippen molar-refractivity contribution in [2.45, 2.75) is 44.2 Å². The fourth-order valence-electron chi connectivity index (χ4n) is 4.67. The largest absolute Gasteiger partial charge is 0.331 e. The first-order valence-electron chi connectivity index (χ1n) is 10.6. The van der Waals surface area contributed by atoms with Gasteiger partial charge in [0, 0.05) is 34.5 Å². The first-order chi connectivity index (χ1) is 14.5. The molecule has 2 aromatic rings. The van der Waals surface area contributed by atoms with Crippen LogP contribution in [0.4, 0.5) is 0 Å². The molecular weight excluding hydrogens is 415 g/mol. The second-order valence-corrected chi connectivity index (χ2v) is 8.85. The predicted octanol–water partition coefficient (Wildman–Crippen LogP) is 6.24. The van der Waals surface area contributed by atoms with Crippen molar-refractivity contribution in [3.63, 3.8) is 0 Å². The molecule has 3 rings (SSSR count). The van der Waals surface area contributed by atoms with Gasteiger partial charge in [-0.1, -0.05) is 60.5 Å². The van der Waals surface area contributed by atoms with E-state index >= 15 is 0 Å². The third kappa shape index (κ3) is 4.91. The molecule has 0 aliphatic carbocycles. The predicted molar refractivity (Wildman–Crippen MR) is 126 cm³/mol. The van der Waals surface area contributed by atoms with Crippen LogP contribution < -0.4 is 5.32 Å². The number of likely N-dealkylation sites (tertiary alicyclic amines) is 1. The van der Waals surface area contributed by atoms with Crippen LogP contribution in [0, 0.1) is 5.92 Å². The average Bonchev–Trinajstić information content (AvgIpc) is 2.74. The van der Waals surface area contributed by atoms with Crippen molar-refractivity contribution < 1.29 is 4.79 Å². The molecule has 1 amide bonds. The molecule has 5 heteroatoms. The molecule has 0 spiro atoms. The van der Waals surface area contributed by atoms with E-state index in [4.69, 9.17) is 23.2 Å². The van der Waals surface area contributed by atoms with Crippen LogP contribution >= 0.6 is 23.2 Å². The van der Waals surface area contributed by atoms with Gasteiger partial charge in [0.15, 0.2) is 0 Å². The summed E-state index contributed by atoms with van der Waals surface area (Å²) in [6.07, 6.45) is 4.18. The Balaban J connectivity index is 2.16. The van der Waals surface area contributed by atoms with Crippen molar-refractivity contribution in [3.8, 4) is 0 Å². The van der Waals surface area contributed by atoms with Crippen LogP contribution in [0.25, 0.3) is 0 Å². The summed E-state index contributed by atoms with van der Waals surface area (Å²) >= 11 is 12.5. The van der Waals surface area contributed by atoms with Crippen molar-refractivity contribution in [1.82, 2.24) is 10.2 Å². The Labute approximate surface area is 190 Å². The van der Waals surface area contributed by atoms with E-state index in [0.717, 1.165) is 30.5 Å². The molecule has 1 aliphatic heterocycles. The highest BCUT2D eigenvalue weighted by Crippen LogP contribution is 2.47. The lowest BCUT2D eigenvalue weighted by Gasteiger charge is -2.48. The summed E-state index contributed by atoms with van der Waals surface area (Å²) in [5, 5.41) is 4.68. The molecule has 0 bridgehead atoms. The summed E-state index contributed by atoms with van der Waals surface area (Å²) in [4.78, 5) is 15.8. The zero-order valence-corrected chi connectivity index (χ0v) is 19.2. The molecule has 1 N–H and O–H groups in total. The fraction of sp³-hybridized carbons (Fsp3) is 0.400. The summed E-state index contributed by atoms with van der Waals surface area (Å²) in [5.41, 5.74) is 2.26. The Hall–Kier alpha value is -1.81. The SMILES string of the molecule is C=CCC1CC(c2cccc(Cl)c2)C(c2ccc(Cl)cc2)N(C(CC)CNC)C1=O. The van der Waals surface area contributed by atoms with E-state index in [1.807, 2.05) is 55.6 Å². The molecule has 1 fully saturated rings. The molecule has 4 atom stereocenters. The number of rotatable bonds is 8. The van der Waals surface area contributed by atoms with Gasteiger partial charge in [0.25, 0.3) is 0 Å². The number of hydrogen-bond donors (Lipinski definition) is 1. The molecule has 4 unspecified atom stereocenters. The van der Waals surface area contributed by atoms with Crippen LogP contribution in [0.5, 0.6) is 0 Å². The Morgan fingerprint density at radius 3 is 2.50 bits per heavy atom. The molecule has 3 nitrogen and oxygen atoms in total. The van der Waals surface area contributed by atoms with Crippen molar-refractivity contribution in [3.05, 3.63) is 82.4 Å². The van der Waals surface area contributed by atoms with Gasteiger partial charge in [0.05, 0.1) is 6.04 Å². The molecule has 160 valence electrons. The highest BCUT2D eigenvalue weighted by atomic mass is 35.5. The third-order valence-electron chi connectivity index (χ3n) is 6.07. The van der Waals surface area contributed by atoms with Crippen LogP contribution in [0.1, 0.15) is 49.3 Å². The zero-order valence-electron chi connectivity index (χ0n) is 17.7. The van der Waals surface area contributed by atoms with E-state index in [1.54, 1.807) is 0 Å². The zero-order chi connectivity index (χ0) is 21.7. The van der Waals surface area contributed by atoms with Crippen LogP contribution in [-0.4, -0.2) is 30.4 Å². The second kappa shape index (κ2) is 10.5. The number of hydrogen-bond acceptors (Lipinski definition) is 2. The number of carbonyl (C=O) groups is 1. The number of piperidine rings is 1. The Bertz CT molecular complexity index is 868. The summed E-state index contributed by atoms with van der Waals surface area (Å²) in [6, 6.07) is 16.0. The van der Waals surface area contributed by atoms with E-state index < -0.39 is 0 Å². The molecule has 1 heterocycles. The number of amides is 1. The highest BCUT2D eigenvalue weighted by Gasteiger charge is 2.44. The van der Waals surface area contributed by atoms with E-state index in [-0.39, 0.29) is 29.8 Å². The lowest BCUT2D eigenvalue weighted by molar-refractivity contribution is -0.146. The van der Waals surface area contributed by atoms with Crippen molar-refractivity contribution in [2.75, 3.05) is 13.6 Å². The van der Waals surface area contributed by atoms with Gasteiger partial charge in [-0.2, -0.15) is 0 Å². The molecular formula is C25H30Cl2N2O. The summed E-state index contributed by atoms with van der Waals surface area (Å²) in [7, 11) is 1.93. The van der Waals surface area contributed by atoms with Gasteiger partial charge in [0.1, 0.15) is 0 Å². The van der Waals surface area contributed by atoms with Crippen LogP contribution in [-0.2, 0) is 4.79 Å². The van der Waals surface area contributed by atoms with Gasteiger partial charge in [-0.05, 0) is 61.7 Å². The minimum Gasteiger partial charge on any atom is -0.331 e. The standard InChI is InChI=1S/C25H30Cl2N2O/c1-4-7-19-15-23(18-8-6-9-21(27)14-18)24(17-10-12-20(26)13-11-17)29(25(19)30)22(5-2)16-28-3/h4,6,8-14,19,22-24,28H,1,5,7,15-16H2,2-3H3. The van der Waals surface area contributed by atoms with E-state index in [0.29, 0.717) is 16.5 Å². The van der Waals surface area contributed by atoms with Gasteiger partial charge in [-0.15, -0.1) is 6.58 Å². The molecule has 0 radical (unpaired) electrons. The average molecular weight is 445 g/mol. The van der Waals surface area contributed by atoms with E-state index in [1.165, 1.54) is 0 Å². The van der Waals surface area contributed by atoms with Gasteiger partial charge >= 0.3 is 0 Å². The topological polar surface area (TPSA) is 32.3 Å². The summed E-state index contributed by atoms with van der Waals surface area (Å²) in [6.45, 7) is 6.78. The number of nitrogens with one attached hydrogen (secondary N) is 1. The maximum absolute atomic E-state index is 13.7. The Morgan fingerprint density at radius 2 is 1.90 bits per heavy atom. The van der Waals surface area contributed by atoms with Gasteiger partial charge < -0.3 is 10.2 Å². The quantitative estimate of drug-likeness (QED) is 0.488. The Morgan fingerprint density at radius 1 is 1.17 bits per heavy atom. The number of likely N-dealkylation sites (N-methyl/N-ethyl adjacent to an activating group) is 1. The van der Waals surface area contributed by atoms with Crippen LogP contribution in [0.3, 0.4) is 0 Å². The first kappa shape index (κ1) is 22.9. The van der Waals surface area contributed by atoms with Crippen molar-refractivity contribution in [2.24, 2.45) is 5.92 Å². The van der Waals surface area contributed by atoms with Gasteiger partial charge in [0.2, 0.25) is 5.91 Å². The summed E-state index contributed by atoms with van der Waals surface area (Å²) in [5.74, 6) is 0.259. The van der Waals surface area contributed by atoms with Crippen LogP contribution in [0.2, 0.25) is 10.0 Å². The van der Waals surface area contributed by atoms with Crippen molar-refractivity contribution in [1.29, 1.82) is 0 Å². The minimum absolute atomic E-state index is 0.0763. The number of allylic oxidation sites excluding steroid dienone is 1. The molecule has 0 saturated carbocycles. The highest BCUT2D eigenvalue weighted by molar-refractivity contribution is 6.30. The Kier molecular flexibility index (Phi) is 7.99. The lowest BCUT2D eigenvalue weighted by atomic mass is 9.74. The van der Waals surface area contributed by atoms with Gasteiger partial charge in [-0.25, -0.2) is 0 Å². The molecule has 0 aromatic heterocycles. The molecule has 2 aromatic carbocycles. The fourth-order valence-corrected chi connectivity index (χ4v) is 4.99. The smallest absolute Gasteiger partial charge is 0.226 e. The second-order valence-electron chi connectivity index (χ2n) is 7.98. The minimum atomic E-state index is -0.0825. The molecule has 1 aliphatic rings. The van der Waals surface area contributed by atoms with Crippen molar-refractivity contribution >= 4 is 29.1 Å². The molecule has 30 heavy (non-hydrogen) atoms. The van der Waals surface area contributed by atoms with E-state index in [9.17, 15) is 4.79 Å². The number of benzene rings is 2. The monoisotopic (exact) mass is 444 g/mol. The third-order valence-corrected chi connectivity index (χ3v) is 6.55. The number of halogens is 2. The lowest BCUT2D eigenvalue weighted by Crippen LogP contribution is -2.53. The van der Waals surface area contributed by atoms with Crippen LogP contribution in [0.15, 0.2) is 61.2 Å². The number of carbonyl (C=O) groups excluding carboxylic acids is 1. The van der Waals surface area contributed by atoms with E-state index in [2.05, 4.69) is 29.8 Å². The molecule has 1 saturated heterocycles. The maximum Gasteiger partial charge on any atom is 0.226 e. The van der Waals surface area contributed by atoms with Gasteiger partial charge in [-0.3, -0.25) is 4.79 Å². The maximum atomic E-state index is 13.7. The number of nitrogens with zero attached hydrogens (tertiary/aromatic N) is 1. The summed E-state index contributed by atoms with van der Waals surface area (Å²) < 4.78 is 0. The normalized spacial score (nSPS) is 22.7.